The molecule has 1 aliphatic carbocycles. The molecule has 0 aromatic carbocycles. The zero-order valence-electron chi connectivity index (χ0n) is 13.4. The van der Waals surface area contributed by atoms with E-state index in [0.29, 0.717) is 30.1 Å². The lowest BCUT2D eigenvalue weighted by Crippen LogP contribution is -2.06. The SMILES string of the molecule is Fc1c(CCCC2CC2)c(Cl)n2nc(Cl)nc(NCc3ccco3)c12. The van der Waals surface area contributed by atoms with Gasteiger partial charge in [0.2, 0.25) is 5.28 Å². The molecule has 0 unspecified atom stereocenters. The standard InChI is InChI=1S/C17H17Cl2FN4O/c18-15-12(5-1-3-10-6-7-10)13(20)14-16(22-17(19)23-24(14)15)21-9-11-4-2-8-25-11/h2,4,8,10H,1,3,5-7,9H2,(H,21,22,23). The fraction of sp³-hybridized carbons (Fsp3) is 0.412. The molecule has 1 saturated carbocycles. The van der Waals surface area contributed by atoms with Crippen LogP contribution < -0.4 is 5.32 Å². The first-order chi connectivity index (χ1) is 12.1. The Labute approximate surface area is 154 Å². The van der Waals surface area contributed by atoms with Crippen molar-refractivity contribution in [1.29, 1.82) is 0 Å². The molecule has 0 spiro atoms. The normalized spacial score (nSPS) is 14.4. The smallest absolute Gasteiger partial charge is 0.243 e. The largest absolute Gasteiger partial charge is 0.467 e. The lowest BCUT2D eigenvalue weighted by Gasteiger charge is -2.06. The molecule has 0 bridgehead atoms. The van der Waals surface area contributed by atoms with Gasteiger partial charge in [0.25, 0.3) is 0 Å². The first-order valence-electron chi connectivity index (χ1n) is 8.32. The van der Waals surface area contributed by atoms with E-state index in [0.717, 1.165) is 18.8 Å². The van der Waals surface area contributed by atoms with E-state index in [4.69, 9.17) is 27.6 Å². The molecule has 1 N–H and O–H groups in total. The lowest BCUT2D eigenvalue weighted by molar-refractivity contribution is 0.517. The molecule has 0 amide bonds. The number of furan rings is 1. The van der Waals surface area contributed by atoms with Crippen LogP contribution in [-0.2, 0) is 13.0 Å². The van der Waals surface area contributed by atoms with Crippen LogP contribution in [0.25, 0.3) is 5.52 Å². The summed E-state index contributed by atoms with van der Waals surface area (Å²) in [5.74, 6) is 1.41. The molecule has 0 radical (unpaired) electrons. The van der Waals surface area contributed by atoms with Gasteiger partial charge < -0.3 is 9.73 Å². The molecule has 3 aromatic heterocycles. The number of nitrogens with zero attached hydrogens (tertiary/aromatic N) is 3. The van der Waals surface area contributed by atoms with Gasteiger partial charge in [-0.25, -0.2) is 8.91 Å². The first-order valence-corrected chi connectivity index (χ1v) is 9.07. The fourth-order valence-corrected chi connectivity index (χ4v) is 3.45. The summed E-state index contributed by atoms with van der Waals surface area (Å²) in [7, 11) is 0. The number of nitrogens with one attached hydrogen (secondary N) is 1. The molecule has 1 fully saturated rings. The van der Waals surface area contributed by atoms with Crippen LogP contribution in [0.4, 0.5) is 10.2 Å². The van der Waals surface area contributed by atoms with Gasteiger partial charge in [0.1, 0.15) is 16.4 Å². The van der Waals surface area contributed by atoms with Crippen molar-refractivity contribution in [3.05, 3.63) is 46.0 Å². The van der Waals surface area contributed by atoms with Crippen molar-refractivity contribution >= 4 is 34.5 Å². The third kappa shape index (κ3) is 3.46. The van der Waals surface area contributed by atoms with Gasteiger partial charge in [-0.05, 0) is 42.5 Å². The molecule has 132 valence electrons. The summed E-state index contributed by atoms with van der Waals surface area (Å²) in [6, 6.07) is 3.60. The summed E-state index contributed by atoms with van der Waals surface area (Å²) in [5.41, 5.74) is 0.683. The quantitative estimate of drug-likeness (QED) is 0.616. The van der Waals surface area contributed by atoms with Gasteiger partial charge in [0.15, 0.2) is 11.6 Å². The van der Waals surface area contributed by atoms with Crippen molar-refractivity contribution in [3.63, 3.8) is 0 Å². The molecule has 5 nitrogen and oxygen atoms in total. The van der Waals surface area contributed by atoms with Crippen LogP contribution in [0.1, 0.15) is 37.0 Å². The molecular formula is C17H17Cl2FN4O. The summed E-state index contributed by atoms with van der Waals surface area (Å²) in [6.45, 7) is 0.356. The Bertz CT molecular complexity index is 890. The molecule has 4 rings (SSSR count). The molecule has 0 atom stereocenters. The topological polar surface area (TPSA) is 55.4 Å². The molecular weight excluding hydrogens is 366 g/mol. The highest BCUT2D eigenvalue weighted by Crippen LogP contribution is 2.36. The number of fused-ring (bicyclic) bond motifs is 1. The highest BCUT2D eigenvalue weighted by Gasteiger charge is 2.24. The van der Waals surface area contributed by atoms with Gasteiger partial charge in [-0.15, -0.1) is 5.10 Å². The third-order valence-electron chi connectivity index (χ3n) is 4.48. The van der Waals surface area contributed by atoms with Crippen LogP contribution in [-0.4, -0.2) is 14.6 Å². The van der Waals surface area contributed by atoms with Crippen LogP contribution in [0.2, 0.25) is 10.4 Å². The highest BCUT2D eigenvalue weighted by atomic mass is 35.5. The van der Waals surface area contributed by atoms with E-state index in [9.17, 15) is 4.39 Å². The zero-order valence-corrected chi connectivity index (χ0v) is 14.9. The van der Waals surface area contributed by atoms with E-state index in [1.165, 1.54) is 17.4 Å². The Morgan fingerprint density at radius 3 is 2.92 bits per heavy atom. The second-order valence-electron chi connectivity index (χ2n) is 6.34. The van der Waals surface area contributed by atoms with Crippen molar-refractivity contribution in [2.45, 2.75) is 38.6 Å². The Hall–Kier alpha value is -1.79. The minimum atomic E-state index is -0.389. The zero-order chi connectivity index (χ0) is 17.4. The molecule has 3 aromatic rings. The van der Waals surface area contributed by atoms with Crippen molar-refractivity contribution in [2.75, 3.05) is 5.32 Å². The number of hydrogen-bond donors (Lipinski definition) is 1. The van der Waals surface area contributed by atoms with Gasteiger partial charge in [-0.1, -0.05) is 30.9 Å². The average Bonchev–Trinajstić information content (AvgIpc) is 3.20. The predicted molar refractivity (Wildman–Crippen MR) is 94.7 cm³/mol. The number of aromatic nitrogens is 3. The number of anilines is 1. The molecule has 3 heterocycles. The van der Waals surface area contributed by atoms with Crippen LogP contribution in [0.15, 0.2) is 22.8 Å². The Balaban J connectivity index is 1.64. The van der Waals surface area contributed by atoms with Gasteiger partial charge in [-0.2, -0.15) is 4.98 Å². The first kappa shape index (κ1) is 16.7. The Morgan fingerprint density at radius 1 is 1.36 bits per heavy atom. The lowest BCUT2D eigenvalue weighted by atomic mass is 10.1. The van der Waals surface area contributed by atoms with Gasteiger partial charge in [-0.3, -0.25) is 0 Å². The summed E-state index contributed by atoms with van der Waals surface area (Å²) >= 11 is 12.3. The summed E-state index contributed by atoms with van der Waals surface area (Å²) < 4.78 is 21.6. The van der Waals surface area contributed by atoms with Crippen molar-refractivity contribution in [3.8, 4) is 0 Å². The maximum atomic E-state index is 15.0. The van der Waals surface area contributed by atoms with Crippen LogP contribution in [0.3, 0.4) is 0 Å². The second-order valence-corrected chi connectivity index (χ2v) is 7.04. The van der Waals surface area contributed by atoms with Crippen molar-refractivity contribution < 1.29 is 8.81 Å². The second kappa shape index (κ2) is 6.84. The summed E-state index contributed by atoms with van der Waals surface area (Å²) in [5, 5.41) is 7.36. The van der Waals surface area contributed by atoms with E-state index < -0.39 is 0 Å². The minimum Gasteiger partial charge on any atom is -0.467 e. The monoisotopic (exact) mass is 382 g/mol. The van der Waals surface area contributed by atoms with E-state index in [2.05, 4.69) is 15.4 Å². The molecule has 1 aliphatic rings. The fourth-order valence-electron chi connectivity index (χ4n) is 2.99. The third-order valence-corrected chi connectivity index (χ3v) is 5.03. The van der Waals surface area contributed by atoms with Gasteiger partial charge in [0, 0.05) is 5.56 Å². The van der Waals surface area contributed by atoms with E-state index in [1.54, 1.807) is 12.3 Å². The number of rotatable bonds is 7. The van der Waals surface area contributed by atoms with Crippen LogP contribution in [0, 0.1) is 11.7 Å². The average molecular weight is 383 g/mol. The van der Waals surface area contributed by atoms with Crippen molar-refractivity contribution in [1.82, 2.24) is 14.6 Å². The van der Waals surface area contributed by atoms with Crippen LogP contribution in [0.5, 0.6) is 0 Å². The molecule has 0 aliphatic heterocycles. The van der Waals surface area contributed by atoms with E-state index in [1.807, 2.05) is 6.07 Å². The summed E-state index contributed by atoms with van der Waals surface area (Å²) in [4.78, 5) is 4.12. The van der Waals surface area contributed by atoms with Crippen LogP contribution >= 0.6 is 23.2 Å². The Kier molecular flexibility index (Phi) is 4.56. The molecule has 0 saturated heterocycles. The maximum absolute atomic E-state index is 15.0. The number of hydrogen-bond acceptors (Lipinski definition) is 4. The minimum absolute atomic E-state index is 0.00382. The van der Waals surface area contributed by atoms with Crippen molar-refractivity contribution in [2.24, 2.45) is 5.92 Å². The molecule has 8 heteroatoms. The van der Waals surface area contributed by atoms with Gasteiger partial charge in [0.05, 0.1) is 12.8 Å². The predicted octanol–water partition coefficient (Wildman–Crippen LogP) is 5.11. The summed E-state index contributed by atoms with van der Waals surface area (Å²) in [6.07, 6.45) is 6.75. The maximum Gasteiger partial charge on any atom is 0.243 e. The van der Waals surface area contributed by atoms with E-state index >= 15 is 0 Å². The number of halogens is 3. The highest BCUT2D eigenvalue weighted by molar-refractivity contribution is 6.31. The van der Waals surface area contributed by atoms with Gasteiger partial charge >= 0.3 is 0 Å². The molecule has 25 heavy (non-hydrogen) atoms. The van der Waals surface area contributed by atoms with E-state index in [-0.39, 0.29) is 21.8 Å². The Morgan fingerprint density at radius 2 is 2.20 bits per heavy atom.